The lowest BCUT2D eigenvalue weighted by Gasteiger charge is -2.37. The van der Waals surface area contributed by atoms with Crippen molar-refractivity contribution in [2.75, 3.05) is 19.6 Å². The first-order chi connectivity index (χ1) is 18.1. The molecular weight excluding hydrogens is 543 g/mol. The Balaban J connectivity index is 1.55. The number of fused-ring (bicyclic) bond motifs is 1. The molecule has 4 aliphatic rings. The first-order valence-corrected chi connectivity index (χ1v) is 13.7. The van der Waals surface area contributed by atoms with E-state index >= 15 is 0 Å². The van der Waals surface area contributed by atoms with Crippen molar-refractivity contribution in [3.05, 3.63) is 0 Å². The average molecular weight is 578 g/mol. The van der Waals surface area contributed by atoms with E-state index in [0.29, 0.717) is 24.4 Å². The van der Waals surface area contributed by atoms with Crippen LogP contribution in [0.4, 0.5) is 13.2 Å². The monoisotopic (exact) mass is 577 g/mol. The molecule has 218 valence electrons. The number of rotatable bonds is 7. The minimum Gasteiger partial charge on any atom is -0.356 e. The molecule has 0 aromatic heterocycles. The summed E-state index contributed by atoms with van der Waals surface area (Å²) in [4.78, 5) is 65.9. The highest BCUT2D eigenvalue weighted by molar-refractivity contribution is 6.29. The van der Waals surface area contributed by atoms with Crippen molar-refractivity contribution in [3.63, 3.8) is 0 Å². The molecule has 0 spiro atoms. The van der Waals surface area contributed by atoms with Crippen LogP contribution in [0.2, 0.25) is 0 Å². The molecule has 2 saturated carbocycles. The smallest absolute Gasteiger partial charge is 0.291 e. The van der Waals surface area contributed by atoms with Crippen LogP contribution in [0.15, 0.2) is 0 Å². The molecular formula is C25H35ClF3N5O5. The zero-order chi connectivity index (χ0) is 28.9. The van der Waals surface area contributed by atoms with Gasteiger partial charge >= 0.3 is 0 Å². The standard InChI is InChI=1S/C25H35ClF3N5O5/c1-24(2,3)17(31-20(36)15-9-25(15,28)29)22(38)33-10-12-5-4-6-14(12)16(33)21(37)32-34(23(39)18(26)27)11-13-7-8-30-19(13)35/h12-18H,4-11H2,1-3H3,(H,30,35)(H,31,36)(H,32,37)/t12-,13-,14-,15+,16-,17+,18-/m0/s1. The summed E-state index contributed by atoms with van der Waals surface area (Å²) in [5, 5.41) is 5.79. The van der Waals surface area contributed by atoms with Gasteiger partial charge in [-0.25, -0.2) is 18.2 Å². The summed E-state index contributed by atoms with van der Waals surface area (Å²) in [5.74, 6) is -9.38. The molecule has 39 heavy (non-hydrogen) atoms. The van der Waals surface area contributed by atoms with E-state index in [1.807, 2.05) is 0 Å². The fourth-order valence-corrected chi connectivity index (χ4v) is 6.09. The van der Waals surface area contributed by atoms with E-state index in [2.05, 4.69) is 16.1 Å². The predicted molar refractivity (Wildman–Crippen MR) is 132 cm³/mol. The van der Waals surface area contributed by atoms with Gasteiger partial charge in [-0.3, -0.25) is 29.4 Å². The van der Waals surface area contributed by atoms with E-state index in [1.165, 1.54) is 4.90 Å². The SMILES string of the molecule is CC(C)(C)[C@H](NC(=O)[C@H]1CC1(F)F)C(=O)N1C[C@@H]2CCC[C@@H]2[C@H]1C(=O)NN(C[C@@H]1CCNC1=O)C(=O)[C@H](F)Cl. The number of likely N-dealkylation sites (tertiary alicyclic amines) is 1. The normalized spacial score (nSPS) is 30.7. The Bertz CT molecular complexity index is 1040. The van der Waals surface area contributed by atoms with E-state index in [4.69, 9.17) is 11.6 Å². The molecule has 4 fully saturated rings. The van der Waals surface area contributed by atoms with Gasteiger partial charge in [-0.15, -0.1) is 0 Å². The first-order valence-electron chi connectivity index (χ1n) is 13.3. The maximum atomic E-state index is 13.9. The quantitative estimate of drug-likeness (QED) is 0.311. The third-order valence-electron chi connectivity index (χ3n) is 8.25. The van der Waals surface area contributed by atoms with Gasteiger partial charge in [0.15, 0.2) is 0 Å². The summed E-state index contributed by atoms with van der Waals surface area (Å²) in [6.07, 6.45) is 2.02. The Labute approximate surface area is 229 Å². The van der Waals surface area contributed by atoms with Crippen LogP contribution in [0, 0.1) is 29.1 Å². The highest BCUT2D eigenvalue weighted by Gasteiger charge is 2.62. The molecule has 0 unspecified atom stereocenters. The molecule has 0 bridgehead atoms. The molecule has 2 heterocycles. The Hall–Kier alpha value is -2.57. The second-order valence-electron chi connectivity index (χ2n) is 12.1. The highest BCUT2D eigenvalue weighted by Crippen LogP contribution is 2.49. The van der Waals surface area contributed by atoms with E-state index in [-0.39, 0.29) is 30.8 Å². The van der Waals surface area contributed by atoms with E-state index < -0.39 is 70.9 Å². The number of hydrogen-bond donors (Lipinski definition) is 3. The van der Waals surface area contributed by atoms with Gasteiger partial charge in [0.25, 0.3) is 23.4 Å². The second-order valence-corrected chi connectivity index (χ2v) is 12.5. The third-order valence-corrected chi connectivity index (χ3v) is 8.43. The maximum absolute atomic E-state index is 13.9. The fraction of sp³-hybridized carbons (Fsp3) is 0.800. The number of nitrogens with one attached hydrogen (secondary N) is 3. The molecule has 0 aromatic carbocycles. The van der Waals surface area contributed by atoms with Crippen LogP contribution < -0.4 is 16.1 Å². The van der Waals surface area contributed by atoms with E-state index in [0.717, 1.165) is 12.8 Å². The maximum Gasteiger partial charge on any atom is 0.291 e. The number of amides is 5. The summed E-state index contributed by atoms with van der Waals surface area (Å²) in [7, 11) is 0. The Kier molecular flexibility index (Phi) is 8.13. The van der Waals surface area contributed by atoms with Crippen molar-refractivity contribution in [3.8, 4) is 0 Å². The van der Waals surface area contributed by atoms with Crippen molar-refractivity contribution < 1.29 is 37.1 Å². The minimum absolute atomic E-state index is 0.0134. The fourth-order valence-electron chi connectivity index (χ4n) is 5.97. The van der Waals surface area contributed by atoms with Crippen LogP contribution in [0.1, 0.15) is 52.9 Å². The lowest BCUT2D eigenvalue weighted by atomic mass is 9.85. The Morgan fingerprint density at radius 2 is 1.85 bits per heavy atom. The summed E-state index contributed by atoms with van der Waals surface area (Å²) < 4.78 is 40.9. The largest absolute Gasteiger partial charge is 0.356 e. The number of hydrogen-bond acceptors (Lipinski definition) is 5. The number of carbonyl (C=O) groups excluding carboxylic acids is 5. The Morgan fingerprint density at radius 1 is 1.18 bits per heavy atom. The van der Waals surface area contributed by atoms with Gasteiger partial charge in [0.2, 0.25) is 17.7 Å². The molecule has 4 rings (SSSR count). The molecule has 2 aliphatic carbocycles. The lowest BCUT2D eigenvalue weighted by molar-refractivity contribution is -0.150. The molecule has 0 aromatic rings. The van der Waals surface area contributed by atoms with Crippen molar-refractivity contribution in [2.45, 2.75) is 76.5 Å². The zero-order valence-corrected chi connectivity index (χ0v) is 22.9. The van der Waals surface area contributed by atoms with Gasteiger partial charge in [-0.05, 0) is 36.5 Å². The molecule has 14 heteroatoms. The van der Waals surface area contributed by atoms with Crippen molar-refractivity contribution in [1.29, 1.82) is 0 Å². The predicted octanol–water partition coefficient (Wildman–Crippen LogP) is 1.33. The molecule has 10 nitrogen and oxygen atoms in total. The minimum atomic E-state index is -3.11. The van der Waals surface area contributed by atoms with Crippen molar-refractivity contribution in [2.24, 2.45) is 29.1 Å². The number of carbonyl (C=O) groups is 5. The van der Waals surface area contributed by atoms with Crippen LogP contribution in [0.3, 0.4) is 0 Å². The summed E-state index contributed by atoms with van der Waals surface area (Å²) in [6.45, 7) is 5.34. The summed E-state index contributed by atoms with van der Waals surface area (Å²) in [5.41, 5.74) is -0.927. The van der Waals surface area contributed by atoms with Gasteiger partial charge in [0.05, 0.1) is 12.5 Å². The van der Waals surface area contributed by atoms with Gasteiger partial charge < -0.3 is 15.5 Å². The van der Waals surface area contributed by atoms with Crippen LogP contribution >= 0.6 is 11.6 Å². The summed E-state index contributed by atoms with van der Waals surface area (Å²) in [6, 6.07) is -2.23. The lowest BCUT2D eigenvalue weighted by Crippen LogP contribution is -2.61. The molecule has 2 aliphatic heterocycles. The highest BCUT2D eigenvalue weighted by atomic mass is 35.5. The number of halogens is 4. The van der Waals surface area contributed by atoms with Gasteiger partial charge in [-0.1, -0.05) is 38.8 Å². The van der Waals surface area contributed by atoms with Crippen LogP contribution in [-0.2, 0) is 24.0 Å². The van der Waals surface area contributed by atoms with E-state index in [1.54, 1.807) is 20.8 Å². The topological polar surface area (TPSA) is 128 Å². The number of hydrazine groups is 1. The molecule has 7 atom stereocenters. The molecule has 2 saturated heterocycles. The molecule has 3 N–H and O–H groups in total. The second kappa shape index (κ2) is 10.8. The third kappa shape index (κ3) is 6.12. The number of nitrogens with zero attached hydrogens (tertiary/aromatic N) is 2. The van der Waals surface area contributed by atoms with Crippen LogP contribution in [0.25, 0.3) is 0 Å². The van der Waals surface area contributed by atoms with Crippen LogP contribution in [-0.4, -0.2) is 82.7 Å². The van der Waals surface area contributed by atoms with E-state index in [9.17, 15) is 37.1 Å². The average Bonchev–Trinajstić information content (AvgIpc) is 3.22. The van der Waals surface area contributed by atoms with Crippen LogP contribution in [0.5, 0.6) is 0 Å². The van der Waals surface area contributed by atoms with Gasteiger partial charge in [-0.2, -0.15) is 0 Å². The van der Waals surface area contributed by atoms with Crippen molar-refractivity contribution in [1.82, 2.24) is 26.0 Å². The van der Waals surface area contributed by atoms with Gasteiger partial charge in [0.1, 0.15) is 18.0 Å². The molecule has 0 radical (unpaired) electrons. The Morgan fingerprint density at radius 3 is 2.38 bits per heavy atom. The molecule has 5 amide bonds. The first kappa shape index (κ1) is 29.4. The van der Waals surface area contributed by atoms with Crippen molar-refractivity contribution >= 4 is 41.1 Å². The van der Waals surface area contributed by atoms with Gasteiger partial charge in [0, 0.05) is 19.5 Å². The number of alkyl halides is 4. The summed E-state index contributed by atoms with van der Waals surface area (Å²) >= 11 is 5.38. The zero-order valence-electron chi connectivity index (χ0n) is 22.1.